The number of imidazole rings is 1. The zero-order valence-corrected chi connectivity index (χ0v) is 13.5. The van der Waals surface area contributed by atoms with Crippen molar-refractivity contribution in [2.24, 2.45) is 0 Å². The Kier molecular flexibility index (Phi) is 3.38. The zero-order chi connectivity index (χ0) is 15.8. The Labute approximate surface area is 136 Å². The number of hydrogen-bond donors (Lipinski definition) is 0. The van der Waals surface area contributed by atoms with Gasteiger partial charge in [-0.2, -0.15) is 0 Å². The van der Waals surface area contributed by atoms with Crippen LogP contribution in [0.3, 0.4) is 0 Å². The maximum Gasteiger partial charge on any atom is 0.112 e. The number of para-hydroxylation sites is 2. The summed E-state index contributed by atoms with van der Waals surface area (Å²) in [6.07, 6.45) is 0. The molecule has 0 atom stereocenters. The summed E-state index contributed by atoms with van der Waals surface area (Å²) in [5, 5.41) is 2.58. The molecule has 4 rings (SSSR count). The molecular formula is C21H20N2. The van der Waals surface area contributed by atoms with Crippen molar-refractivity contribution >= 4 is 21.8 Å². The van der Waals surface area contributed by atoms with Gasteiger partial charge in [-0.25, -0.2) is 4.98 Å². The number of fused-ring (bicyclic) bond motifs is 2. The van der Waals surface area contributed by atoms with Crippen molar-refractivity contribution in [1.29, 1.82) is 0 Å². The van der Waals surface area contributed by atoms with Gasteiger partial charge in [-0.3, -0.25) is 0 Å². The summed E-state index contributed by atoms with van der Waals surface area (Å²) >= 11 is 0. The lowest BCUT2D eigenvalue weighted by Gasteiger charge is -2.12. The summed E-state index contributed by atoms with van der Waals surface area (Å²) < 4.78 is 2.35. The van der Waals surface area contributed by atoms with Crippen LogP contribution in [0, 0.1) is 0 Å². The molecule has 2 nitrogen and oxygen atoms in total. The van der Waals surface area contributed by atoms with Crippen molar-refractivity contribution < 1.29 is 0 Å². The van der Waals surface area contributed by atoms with Gasteiger partial charge in [0.15, 0.2) is 0 Å². The average Bonchev–Trinajstić information content (AvgIpc) is 2.94. The Morgan fingerprint density at radius 3 is 2.43 bits per heavy atom. The van der Waals surface area contributed by atoms with Gasteiger partial charge in [0.05, 0.1) is 11.0 Å². The van der Waals surface area contributed by atoms with Crippen LogP contribution in [-0.2, 0) is 6.54 Å². The van der Waals surface area contributed by atoms with E-state index in [1.54, 1.807) is 0 Å². The van der Waals surface area contributed by atoms with E-state index in [-0.39, 0.29) is 0 Å². The Morgan fingerprint density at radius 1 is 0.870 bits per heavy atom. The van der Waals surface area contributed by atoms with Gasteiger partial charge in [0.25, 0.3) is 0 Å². The van der Waals surface area contributed by atoms with Crippen LogP contribution in [0.4, 0.5) is 0 Å². The van der Waals surface area contributed by atoms with E-state index >= 15 is 0 Å². The van der Waals surface area contributed by atoms with Gasteiger partial charge in [0, 0.05) is 12.5 Å². The first-order valence-corrected chi connectivity index (χ1v) is 8.15. The lowest BCUT2D eigenvalue weighted by molar-refractivity contribution is 0.684. The summed E-state index contributed by atoms with van der Waals surface area (Å²) in [7, 11) is 0. The van der Waals surface area contributed by atoms with Gasteiger partial charge in [-0.15, -0.1) is 0 Å². The van der Waals surface area contributed by atoms with Gasteiger partial charge in [0.1, 0.15) is 5.82 Å². The third kappa shape index (κ3) is 2.50. The number of aromatic nitrogens is 2. The van der Waals surface area contributed by atoms with E-state index in [0.717, 1.165) is 17.9 Å². The molecule has 0 spiro atoms. The average molecular weight is 300 g/mol. The molecule has 0 saturated carbocycles. The molecule has 1 aromatic heterocycles. The van der Waals surface area contributed by atoms with Crippen LogP contribution in [0.2, 0.25) is 0 Å². The van der Waals surface area contributed by atoms with Gasteiger partial charge < -0.3 is 4.57 Å². The number of hydrogen-bond acceptors (Lipinski definition) is 1. The predicted molar refractivity (Wildman–Crippen MR) is 96.9 cm³/mol. The highest BCUT2D eigenvalue weighted by molar-refractivity contribution is 5.83. The Bertz CT molecular complexity index is 979. The molecule has 0 radical (unpaired) electrons. The molecule has 1 heterocycles. The van der Waals surface area contributed by atoms with E-state index in [2.05, 4.69) is 85.1 Å². The minimum Gasteiger partial charge on any atom is -0.323 e. The van der Waals surface area contributed by atoms with Gasteiger partial charge in [0.2, 0.25) is 0 Å². The normalized spacial score (nSPS) is 11.6. The number of nitrogens with zero attached hydrogens (tertiary/aromatic N) is 2. The highest BCUT2D eigenvalue weighted by Gasteiger charge is 2.13. The third-order valence-corrected chi connectivity index (χ3v) is 4.36. The fourth-order valence-corrected chi connectivity index (χ4v) is 3.22. The van der Waals surface area contributed by atoms with Crippen molar-refractivity contribution in [3.63, 3.8) is 0 Å². The minimum atomic E-state index is 0.405. The Balaban J connectivity index is 1.83. The standard InChI is InChI=1S/C21H20N2/c1-15(2)21-22-19-9-5-6-10-20(19)23(21)14-16-11-12-17-7-3-4-8-18(17)13-16/h3-13,15H,14H2,1-2H3. The van der Waals surface area contributed by atoms with Crippen molar-refractivity contribution in [2.45, 2.75) is 26.3 Å². The Morgan fingerprint density at radius 2 is 1.61 bits per heavy atom. The second-order valence-corrected chi connectivity index (χ2v) is 6.38. The molecule has 0 fully saturated rings. The third-order valence-electron chi connectivity index (χ3n) is 4.36. The van der Waals surface area contributed by atoms with E-state index in [1.165, 1.54) is 21.9 Å². The minimum absolute atomic E-state index is 0.405. The molecule has 114 valence electrons. The summed E-state index contributed by atoms with van der Waals surface area (Å²) in [5.41, 5.74) is 3.61. The van der Waals surface area contributed by atoms with Crippen LogP contribution < -0.4 is 0 Å². The van der Waals surface area contributed by atoms with Crippen molar-refractivity contribution in [3.8, 4) is 0 Å². The molecule has 3 aromatic carbocycles. The molecule has 0 unspecified atom stereocenters. The van der Waals surface area contributed by atoms with Crippen LogP contribution in [-0.4, -0.2) is 9.55 Å². The first-order chi connectivity index (χ1) is 11.2. The fourth-order valence-electron chi connectivity index (χ4n) is 3.22. The van der Waals surface area contributed by atoms with Crippen molar-refractivity contribution in [1.82, 2.24) is 9.55 Å². The maximum absolute atomic E-state index is 4.83. The summed E-state index contributed by atoms with van der Waals surface area (Å²) in [4.78, 5) is 4.83. The monoisotopic (exact) mass is 300 g/mol. The lowest BCUT2D eigenvalue weighted by atomic mass is 10.1. The van der Waals surface area contributed by atoms with Crippen LogP contribution in [0.15, 0.2) is 66.7 Å². The molecule has 0 bridgehead atoms. The maximum atomic E-state index is 4.83. The molecule has 23 heavy (non-hydrogen) atoms. The first kappa shape index (κ1) is 14.0. The van der Waals surface area contributed by atoms with Crippen LogP contribution in [0.5, 0.6) is 0 Å². The highest BCUT2D eigenvalue weighted by atomic mass is 15.1. The van der Waals surface area contributed by atoms with E-state index < -0.39 is 0 Å². The van der Waals surface area contributed by atoms with Gasteiger partial charge in [-0.1, -0.05) is 62.4 Å². The van der Waals surface area contributed by atoms with Gasteiger partial charge in [-0.05, 0) is 34.5 Å². The first-order valence-electron chi connectivity index (χ1n) is 8.15. The lowest BCUT2D eigenvalue weighted by Crippen LogP contribution is -2.06. The number of benzene rings is 3. The predicted octanol–water partition coefficient (Wildman–Crippen LogP) is 5.36. The summed E-state index contributed by atoms with van der Waals surface area (Å²) in [6, 6.07) is 23.6. The van der Waals surface area contributed by atoms with Crippen molar-refractivity contribution in [2.75, 3.05) is 0 Å². The summed E-state index contributed by atoms with van der Waals surface area (Å²) in [5.74, 6) is 1.56. The van der Waals surface area contributed by atoms with Crippen LogP contribution >= 0.6 is 0 Å². The molecular weight excluding hydrogens is 280 g/mol. The van der Waals surface area contributed by atoms with Gasteiger partial charge >= 0.3 is 0 Å². The molecule has 0 aliphatic carbocycles. The Hall–Kier alpha value is -2.61. The van der Waals surface area contributed by atoms with Crippen LogP contribution in [0.1, 0.15) is 31.2 Å². The topological polar surface area (TPSA) is 17.8 Å². The molecule has 0 saturated heterocycles. The van der Waals surface area contributed by atoms with E-state index in [1.807, 2.05) is 0 Å². The second kappa shape index (κ2) is 5.54. The second-order valence-electron chi connectivity index (χ2n) is 6.38. The number of rotatable bonds is 3. The van der Waals surface area contributed by atoms with E-state index in [4.69, 9.17) is 4.98 Å². The van der Waals surface area contributed by atoms with Crippen LogP contribution in [0.25, 0.3) is 21.8 Å². The molecule has 0 amide bonds. The molecule has 0 N–H and O–H groups in total. The van der Waals surface area contributed by atoms with Crippen molar-refractivity contribution in [3.05, 3.63) is 78.1 Å². The van der Waals surface area contributed by atoms with E-state index in [9.17, 15) is 0 Å². The fraction of sp³-hybridized carbons (Fsp3) is 0.190. The van der Waals surface area contributed by atoms with E-state index in [0.29, 0.717) is 5.92 Å². The summed E-state index contributed by atoms with van der Waals surface area (Å²) in [6.45, 7) is 5.27. The zero-order valence-electron chi connectivity index (χ0n) is 13.5. The molecule has 2 heteroatoms. The smallest absolute Gasteiger partial charge is 0.112 e. The largest absolute Gasteiger partial charge is 0.323 e. The molecule has 0 aliphatic rings. The molecule has 4 aromatic rings. The highest BCUT2D eigenvalue weighted by Crippen LogP contribution is 2.24. The quantitative estimate of drug-likeness (QED) is 0.498. The SMILES string of the molecule is CC(C)c1nc2ccccc2n1Cc1ccc2ccccc2c1. The molecule has 0 aliphatic heterocycles.